The monoisotopic (exact) mass is 433 g/mol. The van der Waals surface area contributed by atoms with Crippen LogP contribution < -0.4 is 15.4 Å². The molecule has 1 aromatic heterocycles. The minimum absolute atomic E-state index is 0.00326. The fourth-order valence-corrected chi connectivity index (χ4v) is 3.19. The van der Waals surface area contributed by atoms with E-state index >= 15 is 0 Å². The number of nitrogens with zero attached hydrogens (tertiary/aromatic N) is 3. The molecule has 3 rings (SSSR count). The van der Waals surface area contributed by atoms with Crippen LogP contribution in [0.2, 0.25) is 0 Å². The normalized spacial score (nSPS) is 11.2. The van der Waals surface area contributed by atoms with Gasteiger partial charge in [0.25, 0.3) is 0 Å². The highest BCUT2D eigenvalue weighted by molar-refractivity contribution is 5.86. The molecule has 0 saturated carbocycles. The van der Waals surface area contributed by atoms with E-state index in [0.717, 1.165) is 24.3 Å². The summed E-state index contributed by atoms with van der Waals surface area (Å²) in [4.78, 5) is 22.5. The number of likely N-dealkylation sites (N-methyl/N-ethyl adjacent to an activating group) is 1. The van der Waals surface area contributed by atoms with Gasteiger partial charge in [0.2, 0.25) is 5.91 Å². The Labute approximate surface area is 189 Å². The zero-order valence-corrected chi connectivity index (χ0v) is 18.8. The fraction of sp³-hybridized carbons (Fsp3) is 0.320. The lowest BCUT2D eigenvalue weighted by molar-refractivity contribution is -0.128. The zero-order chi connectivity index (χ0) is 22.6. The van der Waals surface area contributed by atoms with Crippen LogP contribution in [0, 0.1) is 0 Å². The van der Waals surface area contributed by atoms with Crippen LogP contribution in [0.3, 0.4) is 0 Å². The van der Waals surface area contributed by atoms with Gasteiger partial charge in [-0.1, -0.05) is 36.4 Å². The molecule has 3 aromatic rings. The average Bonchev–Trinajstić information content (AvgIpc) is 2.84. The van der Waals surface area contributed by atoms with E-state index in [1.54, 1.807) is 25.2 Å². The lowest BCUT2D eigenvalue weighted by atomic mass is 10.1. The second-order valence-corrected chi connectivity index (χ2v) is 7.45. The number of amides is 1. The van der Waals surface area contributed by atoms with E-state index in [2.05, 4.69) is 44.9 Å². The van der Waals surface area contributed by atoms with Gasteiger partial charge < -0.3 is 20.3 Å². The third-order valence-corrected chi connectivity index (χ3v) is 5.09. The molecule has 0 aliphatic carbocycles. The number of pyridine rings is 1. The standard InChI is InChI=1S/C25H31N5O2/c1-26-25(29-19-24(31)30(2)16-13-22-10-5-6-14-27-22)28-15-7-17-32-23-12-11-20-8-3-4-9-21(20)18-23/h3-6,8-12,14,18H,7,13,15-17,19H2,1-2H3,(H2,26,28,29). The van der Waals surface area contributed by atoms with Crippen molar-refractivity contribution < 1.29 is 9.53 Å². The van der Waals surface area contributed by atoms with Crippen LogP contribution in [-0.4, -0.2) is 62.1 Å². The molecule has 0 radical (unpaired) electrons. The first kappa shape index (κ1) is 23.1. The molecule has 1 heterocycles. The molecule has 7 heteroatoms. The van der Waals surface area contributed by atoms with Gasteiger partial charge in [-0.3, -0.25) is 14.8 Å². The van der Waals surface area contributed by atoms with Gasteiger partial charge in [0.05, 0.1) is 13.2 Å². The molecule has 168 valence electrons. The van der Waals surface area contributed by atoms with Crippen molar-refractivity contribution in [3.05, 3.63) is 72.6 Å². The van der Waals surface area contributed by atoms with Crippen LogP contribution in [0.5, 0.6) is 5.75 Å². The third-order valence-electron chi connectivity index (χ3n) is 5.09. The first-order chi connectivity index (χ1) is 15.7. The summed E-state index contributed by atoms with van der Waals surface area (Å²) in [6.45, 7) is 2.09. The van der Waals surface area contributed by atoms with E-state index in [-0.39, 0.29) is 12.5 Å². The zero-order valence-electron chi connectivity index (χ0n) is 18.8. The summed E-state index contributed by atoms with van der Waals surface area (Å²) in [5, 5.41) is 8.65. The van der Waals surface area contributed by atoms with Crippen molar-refractivity contribution in [2.45, 2.75) is 12.8 Å². The van der Waals surface area contributed by atoms with Crippen molar-refractivity contribution in [3.8, 4) is 5.75 Å². The number of rotatable bonds is 10. The molecule has 0 bridgehead atoms. The average molecular weight is 434 g/mol. The maximum atomic E-state index is 12.4. The number of benzene rings is 2. The second-order valence-electron chi connectivity index (χ2n) is 7.45. The first-order valence-electron chi connectivity index (χ1n) is 10.9. The molecule has 0 saturated heterocycles. The van der Waals surface area contributed by atoms with E-state index in [4.69, 9.17) is 4.74 Å². The molecule has 7 nitrogen and oxygen atoms in total. The Morgan fingerprint density at radius 2 is 1.88 bits per heavy atom. The third kappa shape index (κ3) is 7.27. The summed E-state index contributed by atoms with van der Waals surface area (Å²) in [5.74, 6) is 1.47. The van der Waals surface area contributed by atoms with Crippen molar-refractivity contribution in [2.24, 2.45) is 4.99 Å². The first-order valence-corrected chi connectivity index (χ1v) is 10.9. The number of nitrogens with one attached hydrogen (secondary N) is 2. The molecule has 0 aliphatic heterocycles. The van der Waals surface area contributed by atoms with E-state index in [9.17, 15) is 4.79 Å². The SMILES string of the molecule is CN=C(NCCCOc1ccc2ccccc2c1)NCC(=O)N(C)CCc1ccccn1. The molecule has 32 heavy (non-hydrogen) atoms. The van der Waals surface area contributed by atoms with Gasteiger partial charge in [0.1, 0.15) is 5.75 Å². The van der Waals surface area contributed by atoms with Gasteiger partial charge in [-0.2, -0.15) is 0 Å². The molecule has 2 N–H and O–H groups in total. The van der Waals surface area contributed by atoms with Crippen molar-refractivity contribution >= 4 is 22.6 Å². The highest BCUT2D eigenvalue weighted by Crippen LogP contribution is 2.20. The van der Waals surface area contributed by atoms with Crippen molar-refractivity contribution in [2.75, 3.05) is 40.3 Å². The maximum Gasteiger partial charge on any atom is 0.241 e. The summed E-state index contributed by atoms with van der Waals surface area (Å²) in [5.41, 5.74) is 0.975. The fourth-order valence-electron chi connectivity index (χ4n) is 3.19. The smallest absolute Gasteiger partial charge is 0.241 e. The molecular weight excluding hydrogens is 402 g/mol. The minimum Gasteiger partial charge on any atom is -0.494 e. The number of carbonyl (C=O) groups excluding carboxylic acids is 1. The van der Waals surface area contributed by atoms with Gasteiger partial charge in [-0.15, -0.1) is 0 Å². The Morgan fingerprint density at radius 3 is 2.66 bits per heavy atom. The summed E-state index contributed by atoms with van der Waals surface area (Å²) >= 11 is 0. The van der Waals surface area contributed by atoms with Crippen LogP contribution in [0.4, 0.5) is 0 Å². The van der Waals surface area contributed by atoms with E-state index < -0.39 is 0 Å². The predicted octanol–water partition coefficient (Wildman–Crippen LogP) is 2.87. The molecular formula is C25H31N5O2. The molecule has 0 fully saturated rings. The van der Waals surface area contributed by atoms with Gasteiger partial charge in [-0.05, 0) is 41.5 Å². The van der Waals surface area contributed by atoms with Crippen LogP contribution in [0.15, 0.2) is 71.9 Å². The minimum atomic E-state index is 0.00326. The Bertz CT molecular complexity index is 1020. The van der Waals surface area contributed by atoms with Crippen molar-refractivity contribution in [3.63, 3.8) is 0 Å². The molecule has 2 aromatic carbocycles. The topological polar surface area (TPSA) is 78.9 Å². The van der Waals surface area contributed by atoms with Crippen LogP contribution >= 0.6 is 0 Å². The highest BCUT2D eigenvalue weighted by Gasteiger charge is 2.10. The number of hydrogen-bond donors (Lipinski definition) is 2. The van der Waals surface area contributed by atoms with E-state index in [0.29, 0.717) is 25.7 Å². The Morgan fingerprint density at radius 1 is 1.06 bits per heavy atom. The quantitative estimate of drug-likeness (QED) is 0.292. The number of carbonyl (C=O) groups is 1. The Balaban J connectivity index is 1.31. The van der Waals surface area contributed by atoms with Gasteiger partial charge in [0, 0.05) is 45.5 Å². The van der Waals surface area contributed by atoms with Crippen LogP contribution in [0.1, 0.15) is 12.1 Å². The van der Waals surface area contributed by atoms with E-state index in [1.807, 2.05) is 36.4 Å². The lowest BCUT2D eigenvalue weighted by Crippen LogP contribution is -2.44. The number of aliphatic imine (C=N–C) groups is 1. The van der Waals surface area contributed by atoms with Gasteiger partial charge >= 0.3 is 0 Å². The number of guanidine groups is 1. The number of aromatic nitrogens is 1. The molecule has 0 aliphatic rings. The summed E-state index contributed by atoms with van der Waals surface area (Å²) in [6.07, 6.45) is 3.31. The molecule has 0 spiro atoms. The Kier molecular flexibility index (Phi) is 8.86. The summed E-state index contributed by atoms with van der Waals surface area (Å²) in [7, 11) is 3.49. The largest absolute Gasteiger partial charge is 0.494 e. The molecule has 0 atom stereocenters. The highest BCUT2D eigenvalue weighted by atomic mass is 16.5. The Hall–Kier alpha value is -3.61. The number of fused-ring (bicyclic) bond motifs is 1. The number of hydrogen-bond acceptors (Lipinski definition) is 4. The van der Waals surface area contributed by atoms with Crippen molar-refractivity contribution in [1.82, 2.24) is 20.5 Å². The second kappa shape index (κ2) is 12.3. The van der Waals surface area contributed by atoms with Crippen LogP contribution in [0.25, 0.3) is 10.8 Å². The lowest BCUT2D eigenvalue weighted by Gasteiger charge is -2.18. The predicted molar refractivity (Wildman–Crippen MR) is 129 cm³/mol. The maximum absolute atomic E-state index is 12.4. The number of ether oxygens (including phenoxy) is 1. The molecule has 0 unspecified atom stereocenters. The summed E-state index contributed by atoms with van der Waals surface area (Å²) in [6, 6.07) is 20.1. The summed E-state index contributed by atoms with van der Waals surface area (Å²) < 4.78 is 5.86. The van der Waals surface area contributed by atoms with Crippen molar-refractivity contribution in [1.29, 1.82) is 0 Å². The molecule has 1 amide bonds. The van der Waals surface area contributed by atoms with Gasteiger partial charge in [-0.25, -0.2) is 0 Å². The van der Waals surface area contributed by atoms with Gasteiger partial charge in [0.15, 0.2) is 5.96 Å². The van der Waals surface area contributed by atoms with Crippen LogP contribution in [-0.2, 0) is 11.2 Å². The van der Waals surface area contributed by atoms with E-state index in [1.165, 1.54) is 10.8 Å².